The van der Waals surface area contributed by atoms with Crippen LogP contribution in [0.4, 0.5) is 17.6 Å². The Kier molecular flexibility index (Phi) is 5.29. The van der Waals surface area contributed by atoms with Crippen molar-refractivity contribution in [3.05, 3.63) is 35.9 Å². The molecule has 1 saturated heterocycles. The summed E-state index contributed by atoms with van der Waals surface area (Å²) in [4.78, 5) is 23.2. The fourth-order valence-corrected chi connectivity index (χ4v) is 3.37. The third-order valence-corrected chi connectivity index (χ3v) is 4.66. The molecule has 1 aliphatic heterocycles. The van der Waals surface area contributed by atoms with Gasteiger partial charge in [0.05, 0.1) is 25.1 Å². The van der Waals surface area contributed by atoms with E-state index < -0.39 is 42.5 Å². The fraction of sp³-hybridized carbons (Fsp3) is 0.368. The third kappa shape index (κ3) is 4.36. The maximum Gasteiger partial charge on any atom is 0.392 e. The average Bonchev–Trinajstić information content (AvgIpc) is 2.90. The number of halogens is 4. The average molecular weight is 414 g/mol. The van der Waals surface area contributed by atoms with Gasteiger partial charge in [0.2, 0.25) is 0 Å². The maximum atomic E-state index is 14.4. The second-order valence-electron chi connectivity index (χ2n) is 6.84. The summed E-state index contributed by atoms with van der Waals surface area (Å²) in [6.45, 7) is -0.228. The number of hydrogen-bond donors (Lipinski definition) is 2. The van der Waals surface area contributed by atoms with E-state index in [0.29, 0.717) is 16.5 Å². The third-order valence-electron chi connectivity index (χ3n) is 4.66. The Hall–Kier alpha value is -3.04. The highest BCUT2D eigenvalue weighted by Crippen LogP contribution is 2.37. The number of carbonyl (C=O) groups excluding carboxylic acids is 2. The number of alkyl halides is 4. The predicted molar refractivity (Wildman–Crippen MR) is 95.6 cm³/mol. The van der Waals surface area contributed by atoms with Crippen molar-refractivity contribution in [3.63, 3.8) is 0 Å². The molecule has 0 unspecified atom stereocenters. The van der Waals surface area contributed by atoms with Gasteiger partial charge in [-0.25, -0.2) is 4.39 Å². The number of fused-ring (bicyclic) bond motifs is 1. The summed E-state index contributed by atoms with van der Waals surface area (Å²) in [7, 11) is 1.37. The van der Waals surface area contributed by atoms with Gasteiger partial charge in [-0.05, 0) is 23.6 Å². The molecule has 3 rings (SSSR count). The summed E-state index contributed by atoms with van der Waals surface area (Å²) in [5, 5.41) is 3.38. The van der Waals surface area contributed by atoms with Gasteiger partial charge in [0.1, 0.15) is 18.1 Å². The monoisotopic (exact) mass is 414 g/mol. The number of ether oxygens (including phenoxy) is 2. The summed E-state index contributed by atoms with van der Waals surface area (Å²) < 4.78 is 62.8. The van der Waals surface area contributed by atoms with E-state index in [0.717, 1.165) is 0 Å². The first-order valence-corrected chi connectivity index (χ1v) is 8.62. The largest absolute Gasteiger partial charge is 0.496 e. The van der Waals surface area contributed by atoms with E-state index in [2.05, 4.69) is 5.32 Å². The Morgan fingerprint density at radius 1 is 1.31 bits per heavy atom. The summed E-state index contributed by atoms with van der Waals surface area (Å²) >= 11 is 0. The number of methoxy groups -OCH3 is 1. The Labute approximate surface area is 162 Å². The van der Waals surface area contributed by atoms with E-state index in [-0.39, 0.29) is 17.9 Å². The zero-order valence-electron chi connectivity index (χ0n) is 15.3. The smallest absolute Gasteiger partial charge is 0.392 e. The van der Waals surface area contributed by atoms with Gasteiger partial charge in [-0.2, -0.15) is 13.2 Å². The number of rotatable bonds is 6. The first kappa shape index (κ1) is 20.7. The lowest BCUT2D eigenvalue weighted by Crippen LogP contribution is -2.38. The summed E-state index contributed by atoms with van der Waals surface area (Å²) in [6.07, 6.45) is -7.29. The number of amides is 2. The predicted octanol–water partition coefficient (Wildman–Crippen LogP) is 2.88. The summed E-state index contributed by atoms with van der Waals surface area (Å²) in [6, 6.07) is 7.10. The van der Waals surface area contributed by atoms with Gasteiger partial charge in [0.15, 0.2) is 5.67 Å². The van der Waals surface area contributed by atoms with Crippen LogP contribution in [-0.4, -0.2) is 43.4 Å². The maximum absolute atomic E-state index is 14.4. The quantitative estimate of drug-likeness (QED) is 0.712. The standard InChI is InChI=1S/C19H18F4N2O4/c1-28-15-6-12-10(5-13(15)16(24)26)3-2-4-14(12)29-8-11-7-18(20,17(27)25-11)9-19(21,22)23/h2-6,11H,7-9H2,1H3,(H2,24,26)(H,25,27)/t11-,18+/m0/s1. The molecule has 2 aromatic rings. The van der Waals surface area contributed by atoms with E-state index in [4.69, 9.17) is 15.2 Å². The van der Waals surface area contributed by atoms with Crippen LogP contribution in [0.2, 0.25) is 0 Å². The second kappa shape index (κ2) is 7.41. The number of nitrogens with one attached hydrogen (secondary N) is 1. The molecule has 10 heteroatoms. The SMILES string of the molecule is COc1cc2c(OC[C@@H]3C[C@@](F)(CC(F)(F)F)C(=O)N3)cccc2cc1C(N)=O. The van der Waals surface area contributed by atoms with Crippen molar-refractivity contribution in [2.24, 2.45) is 5.73 Å². The molecule has 0 spiro atoms. The van der Waals surface area contributed by atoms with Crippen LogP contribution < -0.4 is 20.5 Å². The van der Waals surface area contributed by atoms with Gasteiger partial charge in [0, 0.05) is 11.8 Å². The molecule has 29 heavy (non-hydrogen) atoms. The minimum atomic E-state index is -4.80. The van der Waals surface area contributed by atoms with Crippen molar-refractivity contribution in [3.8, 4) is 11.5 Å². The molecule has 0 aliphatic carbocycles. The number of benzene rings is 2. The molecular formula is C19H18F4N2O4. The van der Waals surface area contributed by atoms with E-state index >= 15 is 0 Å². The summed E-state index contributed by atoms with van der Waals surface area (Å²) in [5.41, 5.74) is 2.50. The lowest BCUT2D eigenvalue weighted by atomic mass is 9.97. The number of nitrogens with two attached hydrogens (primary N) is 1. The van der Waals surface area contributed by atoms with Crippen LogP contribution >= 0.6 is 0 Å². The fourth-order valence-electron chi connectivity index (χ4n) is 3.37. The Morgan fingerprint density at radius 3 is 2.66 bits per heavy atom. The van der Waals surface area contributed by atoms with Crippen molar-refractivity contribution in [2.45, 2.75) is 30.7 Å². The van der Waals surface area contributed by atoms with Crippen LogP contribution in [0, 0.1) is 0 Å². The van der Waals surface area contributed by atoms with Crippen molar-refractivity contribution in [1.82, 2.24) is 5.32 Å². The molecule has 2 aromatic carbocycles. The first-order valence-electron chi connectivity index (χ1n) is 8.62. The van der Waals surface area contributed by atoms with Gasteiger partial charge >= 0.3 is 6.18 Å². The molecule has 1 aliphatic rings. The molecule has 1 fully saturated rings. The Morgan fingerprint density at radius 2 is 2.03 bits per heavy atom. The molecule has 2 atom stereocenters. The Bertz CT molecular complexity index is 963. The van der Waals surface area contributed by atoms with Crippen LogP contribution in [0.3, 0.4) is 0 Å². The highest BCUT2D eigenvalue weighted by molar-refractivity contribution is 6.02. The topological polar surface area (TPSA) is 90.7 Å². The molecule has 6 nitrogen and oxygen atoms in total. The second-order valence-corrected chi connectivity index (χ2v) is 6.84. The first-order chi connectivity index (χ1) is 13.5. The van der Waals surface area contributed by atoms with Crippen LogP contribution in [-0.2, 0) is 4.79 Å². The van der Waals surface area contributed by atoms with E-state index in [1.807, 2.05) is 0 Å². The van der Waals surface area contributed by atoms with Gasteiger partial charge in [-0.1, -0.05) is 12.1 Å². The van der Waals surface area contributed by atoms with Crippen molar-refractivity contribution in [2.75, 3.05) is 13.7 Å². The van der Waals surface area contributed by atoms with Crippen molar-refractivity contribution in [1.29, 1.82) is 0 Å². The number of carbonyl (C=O) groups is 2. The molecule has 0 bridgehead atoms. The van der Waals surface area contributed by atoms with E-state index in [9.17, 15) is 27.2 Å². The van der Waals surface area contributed by atoms with Crippen molar-refractivity contribution >= 4 is 22.6 Å². The molecule has 0 radical (unpaired) electrons. The van der Waals surface area contributed by atoms with Gasteiger partial charge < -0.3 is 20.5 Å². The van der Waals surface area contributed by atoms with Crippen LogP contribution in [0.25, 0.3) is 10.8 Å². The Balaban J connectivity index is 1.79. The zero-order valence-corrected chi connectivity index (χ0v) is 15.3. The molecule has 156 valence electrons. The van der Waals surface area contributed by atoms with Gasteiger partial charge in [0.25, 0.3) is 11.8 Å². The molecule has 3 N–H and O–H groups in total. The zero-order chi connectivity index (χ0) is 21.4. The molecule has 0 saturated carbocycles. The van der Waals surface area contributed by atoms with Crippen LogP contribution in [0.5, 0.6) is 11.5 Å². The molecule has 1 heterocycles. The molecular weight excluding hydrogens is 396 g/mol. The van der Waals surface area contributed by atoms with Gasteiger partial charge in [-0.15, -0.1) is 0 Å². The minimum Gasteiger partial charge on any atom is -0.496 e. The number of hydrogen-bond acceptors (Lipinski definition) is 4. The van der Waals surface area contributed by atoms with E-state index in [1.165, 1.54) is 13.2 Å². The van der Waals surface area contributed by atoms with E-state index in [1.54, 1.807) is 24.3 Å². The van der Waals surface area contributed by atoms with Gasteiger partial charge in [-0.3, -0.25) is 9.59 Å². The summed E-state index contributed by atoms with van der Waals surface area (Å²) in [5.74, 6) is -1.41. The highest BCUT2D eigenvalue weighted by atomic mass is 19.4. The van der Waals surface area contributed by atoms with Crippen LogP contribution in [0.1, 0.15) is 23.2 Å². The number of primary amides is 1. The normalized spacial score (nSPS) is 21.8. The van der Waals surface area contributed by atoms with Crippen LogP contribution in [0.15, 0.2) is 30.3 Å². The lowest BCUT2D eigenvalue weighted by Gasteiger charge is -2.18. The molecule has 0 aromatic heterocycles. The molecule has 2 amide bonds. The lowest BCUT2D eigenvalue weighted by molar-refractivity contribution is -0.168. The highest BCUT2D eigenvalue weighted by Gasteiger charge is 2.54. The van der Waals surface area contributed by atoms with Crippen molar-refractivity contribution < 1.29 is 36.6 Å². The minimum absolute atomic E-state index is 0.176.